The second-order valence-corrected chi connectivity index (χ2v) is 4.39. The molecule has 0 radical (unpaired) electrons. The zero-order valence-corrected chi connectivity index (χ0v) is 12.3. The van der Waals surface area contributed by atoms with E-state index < -0.39 is 0 Å². The van der Waals surface area contributed by atoms with Gasteiger partial charge in [0.1, 0.15) is 11.5 Å². The monoisotopic (exact) mass is 274 g/mol. The third-order valence-electron chi connectivity index (χ3n) is 2.46. The highest BCUT2D eigenvalue weighted by Gasteiger charge is 2.06. The van der Waals surface area contributed by atoms with Crippen LogP contribution in [0.5, 0.6) is 11.5 Å². The molecule has 2 N–H and O–H groups in total. The van der Waals surface area contributed by atoms with E-state index >= 15 is 0 Å². The molecule has 0 aromatic heterocycles. The largest absolute Gasteiger partial charge is 0.497 e. The summed E-state index contributed by atoms with van der Waals surface area (Å²) in [4.78, 5) is 2.18. The van der Waals surface area contributed by atoms with Gasteiger partial charge in [0.25, 0.3) is 0 Å². The van der Waals surface area contributed by atoms with Gasteiger partial charge in [0.2, 0.25) is 0 Å². The molecule has 1 atom stereocenters. The molecule has 5 heteroatoms. The molecule has 1 rings (SSSR count). The minimum atomic E-state index is 0. The van der Waals surface area contributed by atoms with E-state index in [2.05, 4.69) is 11.9 Å². The van der Waals surface area contributed by atoms with Crippen LogP contribution in [0.15, 0.2) is 18.2 Å². The Labute approximate surface area is 115 Å². The molecule has 0 heterocycles. The van der Waals surface area contributed by atoms with E-state index in [0.29, 0.717) is 0 Å². The molecule has 1 unspecified atom stereocenters. The van der Waals surface area contributed by atoms with E-state index in [0.717, 1.165) is 30.2 Å². The summed E-state index contributed by atoms with van der Waals surface area (Å²) >= 11 is 0. The van der Waals surface area contributed by atoms with Crippen molar-refractivity contribution < 1.29 is 9.47 Å². The predicted octanol–water partition coefficient (Wildman–Crippen LogP) is 1.90. The molecule has 4 nitrogen and oxygen atoms in total. The van der Waals surface area contributed by atoms with Gasteiger partial charge in [0.15, 0.2) is 0 Å². The van der Waals surface area contributed by atoms with E-state index in [-0.39, 0.29) is 18.4 Å². The van der Waals surface area contributed by atoms with E-state index in [1.165, 1.54) is 0 Å². The predicted molar refractivity (Wildman–Crippen MR) is 76.8 cm³/mol. The van der Waals surface area contributed by atoms with Crippen LogP contribution in [0.4, 0.5) is 0 Å². The second-order valence-electron chi connectivity index (χ2n) is 4.39. The standard InChI is InChI=1S/C13H22N2O2.ClH/c1-10(14)8-15(2)9-11-5-12(16-3)7-13(6-11)17-4;/h5-7,10H,8-9,14H2,1-4H3;1H. The second kappa shape index (κ2) is 8.19. The lowest BCUT2D eigenvalue weighted by atomic mass is 10.2. The zero-order chi connectivity index (χ0) is 12.8. The quantitative estimate of drug-likeness (QED) is 0.861. The van der Waals surface area contributed by atoms with Crippen LogP contribution in [0.2, 0.25) is 0 Å². The summed E-state index contributed by atoms with van der Waals surface area (Å²) in [6.07, 6.45) is 0. The van der Waals surface area contributed by atoms with Crippen LogP contribution in [0.25, 0.3) is 0 Å². The topological polar surface area (TPSA) is 47.7 Å². The lowest BCUT2D eigenvalue weighted by Gasteiger charge is -2.19. The van der Waals surface area contributed by atoms with Crippen LogP contribution in [0, 0.1) is 0 Å². The highest BCUT2D eigenvalue weighted by atomic mass is 35.5. The Morgan fingerprint density at radius 3 is 2.06 bits per heavy atom. The van der Waals surface area contributed by atoms with Crippen molar-refractivity contribution >= 4 is 12.4 Å². The van der Waals surface area contributed by atoms with Crippen molar-refractivity contribution in [1.29, 1.82) is 0 Å². The fourth-order valence-electron chi connectivity index (χ4n) is 1.83. The van der Waals surface area contributed by atoms with Crippen LogP contribution in [0.3, 0.4) is 0 Å². The number of nitrogens with zero attached hydrogens (tertiary/aromatic N) is 1. The van der Waals surface area contributed by atoms with Gasteiger partial charge in [-0.3, -0.25) is 0 Å². The molecule has 0 saturated carbocycles. The Morgan fingerprint density at radius 1 is 1.17 bits per heavy atom. The maximum absolute atomic E-state index is 5.77. The Balaban J connectivity index is 0.00000289. The Bertz CT molecular complexity index is 337. The molecule has 0 aliphatic heterocycles. The third-order valence-corrected chi connectivity index (χ3v) is 2.46. The molecule has 0 saturated heterocycles. The van der Waals surface area contributed by atoms with Crippen LogP contribution in [-0.4, -0.2) is 38.8 Å². The summed E-state index contributed by atoms with van der Waals surface area (Å²) in [7, 11) is 5.36. The first-order valence-corrected chi connectivity index (χ1v) is 5.71. The Morgan fingerprint density at radius 2 is 1.67 bits per heavy atom. The fourth-order valence-corrected chi connectivity index (χ4v) is 1.83. The van der Waals surface area contributed by atoms with Gasteiger partial charge in [-0.2, -0.15) is 0 Å². The van der Waals surface area contributed by atoms with Crippen molar-refractivity contribution in [3.05, 3.63) is 23.8 Å². The van der Waals surface area contributed by atoms with E-state index in [9.17, 15) is 0 Å². The number of likely N-dealkylation sites (N-methyl/N-ethyl adjacent to an activating group) is 1. The maximum atomic E-state index is 5.77. The molecular weight excluding hydrogens is 252 g/mol. The molecule has 0 bridgehead atoms. The maximum Gasteiger partial charge on any atom is 0.122 e. The Hall–Kier alpha value is -0.970. The van der Waals surface area contributed by atoms with Gasteiger partial charge in [-0.25, -0.2) is 0 Å². The molecule has 0 aliphatic carbocycles. The van der Waals surface area contributed by atoms with Crippen LogP contribution in [0.1, 0.15) is 12.5 Å². The average molecular weight is 275 g/mol. The van der Waals surface area contributed by atoms with Crippen LogP contribution < -0.4 is 15.2 Å². The first-order chi connectivity index (χ1) is 8.05. The molecule has 1 aromatic rings. The van der Waals surface area contributed by atoms with Gasteiger partial charge >= 0.3 is 0 Å². The molecule has 0 spiro atoms. The molecule has 0 aliphatic rings. The number of halogens is 1. The average Bonchev–Trinajstić information content (AvgIpc) is 2.27. The van der Waals surface area contributed by atoms with Gasteiger partial charge < -0.3 is 20.1 Å². The number of ether oxygens (including phenoxy) is 2. The van der Waals surface area contributed by atoms with E-state index in [1.807, 2.05) is 25.1 Å². The number of hydrogen-bond donors (Lipinski definition) is 1. The lowest BCUT2D eigenvalue weighted by Crippen LogP contribution is -2.32. The number of nitrogens with two attached hydrogens (primary N) is 1. The summed E-state index contributed by atoms with van der Waals surface area (Å²) in [5.41, 5.74) is 6.92. The zero-order valence-electron chi connectivity index (χ0n) is 11.5. The van der Waals surface area contributed by atoms with Gasteiger partial charge in [0.05, 0.1) is 14.2 Å². The number of benzene rings is 1. The van der Waals surface area contributed by atoms with Gasteiger partial charge in [-0.15, -0.1) is 12.4 Å². The first kappa shape index (κ1) is 17.0. The third kappa shape index (κ3) is 5.58. The first-order valence-electron chi connectivity index (χ1n) is 5.71. The summed E-state index contributed by atoms with van der Waals surface area (Å²) in [5, 5.41) is 0. The molecule has 104 valence electrons. The van der Waals surface area contributed by atoms with Gasteiger partial charge in [0, 0.05) is 25.2 Å². The van der Waals surface area contributed by atoms with Crippen LogP contribution in [-0.2, 0) is 6.54 Å². The van der Waals surface area contributed by atoms with Gasteiger partial charge in [-0.1, -0.05) is 0 Å². The number of hydrogen-bond acceptors (Lipinski definition) is 4. The van der Waals surface area contributed by atoms with Crippen molar-refractivity contribution in [3.8, 4) is 11.5 Å². The lowest BCUT2D eigenvalue weighted by molar-refractivity contribution is 0.308. The normalized spacial score (nSPS) is 11.9. The van der Waals surface area contributed by atoms with Crippen LogP contribution >= 0.6 is 12.4 Å². The minimum absolute atomic E-state index is 0. The van der Waals surface area contributed by atoms with Crippen molar-refractivity contribution in [1.82, 2.24) is 4.90 Å². The Kier molecular flexibility index (Phi) is 7.75. The molecule has 0 fully saturated rings. The van der Waals surface area contributed by atoms with Crippen molar-refractivity contribution in [2.75, 3.05) is 27.8 Å². The van der Waals surface area contributed by atoms with E-state index in [1.54, 1.807) is 14.2 Å². The highest BCUT2D eigenvalue weighted by Crippen LogP contribution is 2.23. The molecular formula is C13H23ClN2O2. The summed E-state index contributed by atoms with van der Waals surface area (Å²) in [6.45, 7) is 3.69. The smallest absolute Gasteiger partial charge is 0.122 e. The number of methoxy groups -OCH3 is 2. The molecule has 1 aromatic carbocycles. The van der Waals surface area contributed by atoms with E-state index in [4.69, 9.17) is 15.2 Å². The molecule has 18 heavy (non-hydrogen) atoms. The summed E-state index contributed by atoms with van der Waals surface area (Å²) in [5.74, 6) is 1.63. The van der Waals surface area contributed by atoms with Gasteiger partial charge in [-0.05, 0) is 31.7 Å². The molecule has 0 amide bonds. The SMILES string of the molecule is COc1cc(CN(C)CC(C)N)cc(OC)c1.Cl. The van der Waals surface area contributed by atoms with Crippen molar-refractivity contribution in [3.63, 3.8) is 0 Å². The number of rotatable bonds is 6. The summed E-state index contributed by atoms with van der Waals surface area (Å²) < 4.78 is 10.5. The summed E-state index contributed by atoms with van der Waals surface area (Å²) in [6, 6.07) is 6.07. The van der Waals surface area contributed by atoms with Crippen molar-refractivity contribution in [2.24, 2.45) is 5.73 Å². The van der Waals surface area contributed by atoms with Crippen molar-refractivity contribution in [2.45, 2.75) is 19.5 Å². The highest BCUT2D eigenvalue weighted by molar-refractivity contribution is 5.85. The fraction of sp³-hybridized carbons (Fsp3) is 0.538. The minimum Gasteiger partial charge on any atom is -0.497 e.